The zero-order valence-electron chi connectivity index (χ0n) is 19.5. The molecular weight excluding hydrogens is 382 g/mol. The fraction of sp³-hybridized carbons (Fsp3) is 0.393. The van der Waals surface area contributed by atoms with Crippen LogP contribution in [0.25, 0.3) is 0 Å². The van der Waals surface area contributed by atoms with Crippen LogP contribution in [-0.2, 0) is 4.79 Å². The molecule has 1 fully saturated rings. The standard InChI is InChI=1S/C28H35NO2/c1-10-13-25(29-31)27-19(7)18(6)24(21(9)28(27)30)15-22-14-17(5)26(16(4)11-2)20(8)23(22)12-3/h10,13,22-24H,4,6-9,11-12,14-15H2,1-3,5H3/b13-10-,27-25-. The van der Waals surface area contributed by atoms with Gasteiger partial charge in [0.25, 0.3) is 0 Å². The Balaban J connectivity index is 2.41. The highest BCUT2D eigenvalue weighted by Gasteiger charge is 2.39. The molecule has 2 rings (SSSR count). The Morgan fingerprint density at radius 3 is 2.29 bits per heavy atom. The molecule has 0 heterocycles. The van der Waals surface area contributed by atoms with Crippen LogP contribution < -0.4 is 0 Å². The number of nitroso groups, excluding NO2 is 1. The summed E-state index contributed by atoms with van der Waals surface area (Å²) in [6.45, 7) is 29.3. The predicted octanol–water partition coefficient (Wildman–Crippen LogP) is 7.73. The van der Waals surface area contributed by atoms with Crippen LogP contribution in [0.2, 0.25) is 0 Å². The Kier molecular flexibility index (Phi) is 7.89. The minimum atomic E-state index is -0.259. The number of hydrogen-bond donors (Lipinski definition) is 0. The third-order valence-electron chi connectivity index (χ3n) is 6.82. The van der Waals surface area contributed by atoms with Crippen LogP contribution in [0.1, 0.15) is 53.4 Å². The average Bonchev–Trinajstić information content (AvgIpc) is 2.74. The first kappa shape index (κ1) is 24.5. The fourth-order valence-corrected chi connectivity index (χ4v) is 5.13. The summed E-state index contributed by atoms with van der Waals surface area (Å²) < 4.78 is 0. The maximum absolute atomic E-state index is 13.1. The second-order valence-corrected chi connectivity index (χ2v) is 8.61. The Labute approximate surface area is 187 Å². The molecule has 0 saturated heterocycles. The molecule has 0 spiro atoms. The molecule has 0 aromatic heterocycles. The van der Waals surface area contributed by atoms with Gasteiger partial charge in [-0.05, 0) is 90.5 Å². The third-order valence-corrected chi connectivity index (χ3v) is 6.82. The first-order chi connectivity index (χ1) is 14.6. The van der Waals surface area contributed by atoms with Gasteiger partial charge in [0.2, 0.25) is 0 Å². The van der Waals surface area contributed by atoms with Crippen molar-refractivity contribution in [3.05, 3.63) is 100 Å². The van der Waals surface area contributed by atoms with Crippen LogP contribution >= 0.6 is 0 Å². The molecule has 0 N–H and O–H groups in total. The van der Waals surface area contributed by atoms with E-state index < -0.39 is 0 Å². The summed E-state index contributed by atoms with van der Waals surface area (Å²) in [4.78, 5) is 24.5. The minimum Gasteiger partial charge on any atom is -0.289 e. The second kappa shape index (κ2) is 10.00. The summed E-state index contributed by atoms with van der Waals surface area (Å²) in [6.07, 6.45) is 6.78. The zero-order chi connectivity index (χ0) is 23.5. The molecule has 0 aromatic rings. The lowest BCUT2D eigenvalue weighted by atomic mass is 9.64. The molecule has 0 bridgehead atoms. The van der Waals surface area contributed by atoms with Crippen LogP contribution in [0.3, 0.4) is 0 Å². The molecule has 0 amide bonds. The molecule has 164 valence electrons. The molecule has 0 radical (unpaired) electrons. The number of hydrogen-bond acceptors (Lipinski definition) is 3. The maximum atomic E-state index is 13.1. The molecular formula is C28H35NO2. The van der Waals surface area contributed by atoms with Crippen molar-refractivity contribution in [2.75, 3.05) is 0 Å². The first-order valence-electron chi connectivity index (χ1n) is 11.0. The largest absolute Gasteiger partial charge is 0.289 e. The van der Waals surface area contributed by atoms with Gasteiger partial charge in [0.15, 0.2) is 5.78 Å². The Bertz CT molecular complexity index is 937. The number of nitrogens with zero attached hydrogens (tertiary/aromatic N) is 1. The van der Waals surface area contributed by atoms with Crippen molar-refractivity contribution in [3.8, 4) is 0 Å². The number of carbonyl (C=O) groups is 1. The van der Waals surface area contributed by atoms with E-state index in [9.17, 15) is 9.70 Å². The van der Waals surface area contributed by atoms with Gasteiger partial charge < -0.3 is 0 Å². The van der Waals surface area contributed by atoms with E-state index in [2.05, 4.69) is 58.8 Å². The van der Waals surface area contributed by atoms with E-state index in [1.54, 1.807) is 13.0 Å². The Morgan fingerprint density at radius 1 is 1.13 bits per heavy atom. The van der Waals surface area contributed by atoms with Crippen molar-refractivity contribution in [3.63, 3.8) is 0 Å². The molecule has 1 saturated carbocycles. The molecule has 0 aromatic carbocycles. The highest BCUT2D eigenvalue weighted by molar-refractivity contribution is 6.15. The summed E-state index contributed by atoms with van der Waals surface area (Å²) in [5.41, 5.74) is 6.85. The van der Waals surface area contributed by atoms with Gasteiger partial charge >= 0.3 is 0 Å². The average molecular weight is 418 g/mol. The highest BCUT2D eigenvalue weighted by atomic mass is 16.3. The quantitative estimate of drug-likeness (QED) is 0.314. The zero-order valence-corrected chi connectivity index (χ0v) is 19.5. The molecule has 31 heavy (non-hydrogen) atoms. The Hall–Kier alpha value is -2.81. The summed E-state index contributed by atoms with van der Waals surface area (Å²) in [7, 11) is 0. The van der Waals surface area contributed by atoms with Gasteiger partial charge in [0, 0.05) is 11.5 Å². The summed E-state index contributed by atoms with van der Waals surface area (Å²) in [5.74, 6) is 0.191. The maximum Gasteiger partial charge on any atom is 0.191 e. The van der Waals surface area contributed by atoms with Crippen molar-refractivity contribution in [2.24, 2.45) is 22.9 Å². The van der Waals surface area contributed by atoms with Crippen LogP contribution in [0.5, 0.6) is 0 Å². The molecule has 3 heteroatoms. The van der Waals surface area contributed by atoms with E-state index in [4.69, 9.17) is 0 Å². The second-order valence-electron chi connectivity index (χ2n) is 8.61. The molecule has 2 aliphatic rings. The Morgan fingerprint density at radius 2 is 1.77 bits per heavy atom. The smallest absolute Gasteiger partial charge is 0.191 e. The molecule has 3 atom stereocenters. The lowest BCUT2D eigenvalue weighted by Crippen LogP contribution is -2.31. The SMILES string of the molecule is C=C(CC)C1=C(C)CC(CC2C(=C)C(=C)/C(=C(\C=C/C)N=O)C(=O)C2=C)C(CC)C1=C. The van der Waals surface area contributed by atoms with Crippen molar-refractivity contribution in [2.45, 2.75) is 53.4 Å². The van der Waals surface area contributed by atoms with Gasteiger partial charge in [-0.2, -0.15) is 0 Å². The minimum absolute atomic E-state index is 0.0808. The van der Waals surface area contributed by atoms with Crippen molar-refractivity contribution in [1.29, 1.82) is 0 Å². The fourth-order valence-electron chi connectivity index (χ4n) is 5.13. The van der Waals surface area contributed by atoms with Crippen LogP contribution in [0, 0.1) is 22.7 Å². The number of rotatable bonds is 7. The summed E-state index contributed by atoms with van der Waals surface area (Å²) >= 11 is 0. The molecule has 0 aliphatic heterocycles. The summed E-state index contributed by atoms with van der Waals surface area (Å²) in [5, 5.41) is 3.04. The molecule has 3 unspecified atom stereocenters. The number of allylic oxidation sites excluding steroid dienone is 10. The number of ketones is 1. The van der Waals surface area contributed by atoms with E-state index in [0.29, 0.717) is 23.0 Å². The first-order valence-corrected chi connectivity index (χ1v) is 11.0. The normalized spacial score (nSPS) is 26.7. The van der Waals surface area contributed by atoms with Crippen LogP contribution in [0.4, 0.5) is 0 Å². The van der Waals surface area contributed by atoms with E-state index >= 15 is 0 Å². The lowest BCUT2D eigenvalue weighted by molar-refractivity contribution is -0.112. The van der Waals surface area contributed by atoms with Crippen LogP contribution in [0.15, 0.2) is 101 Å². The highest BCUT2D eigenvalue weighted by Crippen LogP contribution is 2.48. The topological polar surface area (TPSA) is 46.5 Å². The molecule has 3 nitrogen and oxygen atoms in total. The van der Waals surface area contributed by atoms with Crippen molar-refractivity contribution in [1.82, 2.24) is 0 Å². The van der Waals surface area contributed by atoms with E-state index in [1.807, 2.05) is 0 Å². The van der Waals surface area contributed by atoms with Gasteiger partial charge in [0.1, 0.15) is 5.70 Å². The summed E-state index contributed by atoms with van der Waals surface area (Å²) in [6, 6.07) is 0. The number of Topliss-reactive ketones (excluding diaryl/α,β-unsaturated/α-hetero) is 1. The molecule has 2 aliphatic carbocycles. The van der Waals surface area contributed by atoms with Crippen molar-refractivity contribution < 1.29 is 4.79 Å². The number of carbonyl (C=O) groups excluding carboxylic acids is 1. The monoisotopic (exact) mass is 417 g/mol. The van der Waals surface area contributed by atoms with Gasteiger partial charge in [-0.1, -0.05) is 58.4 Å². The third kappa shape index (κ3) is 4.46. The van der Waals surface area contributed by atoms with Gasteiger partial charge in [-0.15, -0.1) is 4.91 Å². The van der Waals surface area contributed by atoms with E-state index in [0.717, 1.165) is 42.4 Å². The van der Waals surface area contributed by atoms with Gasteiger partial charge in [0.05, 0.1) is 5.57 Å². The van der Waals surface area contributed by atoms with E-state index in [-0.39, 0.29) is 23.0 Å². The van der Waals surface area contributed by atoms with Gasteiger partial charge in [-0.25, -0.2) is 0 Å². The van der Waals surface area contributed by atoms with Gasteiger partial charge in [-0.3, -0.25) is 4.79 Å². The lowest BCUT2D eigenvalue weighted by Gasteiger charge is -2.40. The predicted molar refractivity (Wildman–Crippen MR) is 131 cm³/mol. The van der Waals surface area contributed by atoms with E-state index in [1.165, 1.54) is 17.2 Å². The van der Waals surface area contributed by atoms with Crippen LogP contribution in [-0.4, -0.2) is 5.78 Å². The van der Waals surface area contributed by atoms with Crippen molar-refractivity contribution >= 4 is 5.78 Å².